The molecule has 0 unspecified atom stereocenters. The predicted octanol–water partition coefficient (Wildman–Crippen LogP) is 1.47. The van der Waals surface area contributed by atoms with Gasteiger partial charge in [-0.05, 0) is 12.1 Å². The highest BCUT2D eigenvalue weighted by Gasteiger charge is 2.09. The molecule has 0 amide bonds. The van der Waals surface area contributed by atoms with Crippen LogP contribution in [0.25, 0.3) is 11.0 Å². The molecule has 0 saturated carbocycles. The van der Waals surface area contributed by atoms with E-state index in [1.807, 2.05) is 24.4 Å². The molecule has 3 rings (SSSR count). The van der Waals surface area contributed by atoms with E-state index < -0.39 is 0 Å². The molecule has 1 aromatic heterocycles. The van der Waals surface area contributed by atoms with Crippen molar-refractivity contribution in [2.45, 2.75) is 6.54 Å². The number of benzene rings is 1. The van der Waals surface area contributed by atoms with Crippen LogP contribution in [-0.2, 0) is 6.54 Å². The fourth-order valence-electron chi connectivity index (χ4n) is 1.73. The van der Waals surface area contributed by atoms with Gasteiger partial charge < -0.3 is 4.57 Å². The van der Waals surface area contributed by atoms with Crippen molar-refractivity contribution >= 4 is 17.2 Å². The van der Waals surface area contributed by atoms with E-state index in [9.17, 15) is 0 Å². The van der Waals surface area contributed by atoms with Gasteiger partial charge >= 0.3 is 0 Å². The molecule has 2 aromatic rings. The lowest BCUT2D eigenvalue weighted by Crippen LogP contribution is -2.10. The first-order chi connectivity index (χ1) is 6.45. The minimum Gasteiger partial charge on any atom is -0.321 e. The molecule has 0 radical (unpaired) electrons. The van der Waals surface area contributed by atoms with Gasteiger partial charge in [0.2, 0.25) is 0 Å². The average molecular weight is 171 g/mol. The Hall–Kier alpha value is -1.64. The minimum absolute atomic E-state index is 0.868. The number of nitrogens with zero attached hydrogens (tertiary/aromatic N) is 3. The molecular weight excluding hydrogens is 162 g/mol. The summed E-state index contributed by atoms with van der Waals surface area (Å²) < 4.78 is 2.21. The second kappa shape index (κ2) is 2.42. The molecule has 64 valence electrons. The van der Waals surface area contributed by atoms with Crippen molar-refractivity contribution in [3.8, 4) is 0 Å². The number of hydrogen-bond acceptors (Lipinski definition) is 2. The molecule has 1 aliphatic rings. The second-order valence-electron chi connectivity index (χ2n) is 3.15. The monoisotopic (exact) mass is 171 g/mol. The molecule has 0 aliphatic carbocycles. The quantitative estimate of drug-likeness (QED) is 0.590. The highest BCUT2D eigenvalue weighted by atomic mass is 15.1. The molecule has 3 nitrogen and oxygen atoms in total. The Labute approximate surface area is 75.7 Å². The van der Waals surface area contributed by atoms with Crippen LogP contribution in [0.1, 0.15) is 5.82 Å². The van der Waals surface area contributed by atoms with Gasteiger partial charge in [-0.2, -0.15) is 0 Å². The van der Waals surface area contributed by atoms with Crippen molar-refractivity contribution in [2.75, 3.05) is 6.54 Å². The van der Waals surface area contributed by atoms with Crippen molar-refractivity contribution < 1.29 is 0 Å². The van der Waals surface area contributed by atoms with Crippen LogP contribution < -0.4 is 0 Å². The molecule has 0 saturated heterocycles. The largest absolute Gasteiger partial charge is 0.321 e. The van der Waals surface area contributed by atoms with Crippen LogP contribution in [0.5, 0.6) is 0 Å². The molecular formula is C10H9N3. The third-order valence-corrected chi connectivity index (χ3v) is 2.34. The van der Waals surface area contributed by atoms with Crippen LogP contribution in [0.3, 0.4) is 0 Å². The Morgan fingerprint density at radius 1 is 1.23 bits per heavy atom. The average Bonchev–Trinajstić information content (AvgIpc) is 2.56. The van der Waals surface area contributed by atoms with E-state index in [0.717, 1.165) is 24.4 Å². The first-order valence-electron chi connectivity index (χ1n) is 4.40. The molecule has 0 bridgehead atoms. The van der Waals surface area contributed by atoms with E-state index in [1.54, 1.807) is 0 Å². The Morgan fingerprint density at radius 2 is 2.15 bits per heavy atom. The van der Waals surface area contributed by atoms with E-state index in [1.165, 1.54) is 5.52 Å². The van der Waals surface area contributed by atoms with Gasteiger partial charge in [0.1, 0.15) is 0 Å². The van der Waals surface area contributed by atoms with Crippen molar-refractivity contribution in [1.82, 2.24) is 9.55 Å². The normalized spacial score (nSPS) is 14.8. The lowest BCUT2D eigenvalue weighted by atomic mass is 10.3. The van der Waals surface area contributed by atoms with Gasteiger partial charge in [0.05, 0.1) is 23.8 Å². The van der Waals surface area contributed by atoms with Crippen LogP contribution in [0.4, 0.5) is 0 Å². The van der Waals surface area contributed by atoms with Crippen LogP contribution in [0.2, 0.25) is 0 Å². The van der Waals surface area contributed by atoms with Gasteiger partial charge in [0.25, 0.3) is 0 Å². The zero-order valence-corrected chi connectivity index (χ0v) is 7.14. The Balaban J connectivity index is 2.41. The lowest BCUT2D eigenvalue weighted by Gasteiger charge is -2.07. The lowest BCUT2D eigenvalue weighted by molar-refractivity contribution is 0.707. The van der Waals surface area contributed by atoms with Gasteiger partial charge in [-0.15, -0.1) is 0 Å². The number of para-hydroxylation sites is 2. The van der Waals surface area contributed by atoms with Crippen LogP contribution in [0, 0.1) is 0 Å². The minimum atomic E-state index is 0.868. The second-order valence-corrected chi connectivity index (χ2v) is 3.15. The molecule has 0 fully saturated rings. The third kappa shape index (κ3) is 0.900. The summed E-state index contributed by atoms with van der Waals surface area (Å²) in [6.07, 6.45) is 1.85. The van der Waals surface area contributed by atoms with Gasteiger partial charge in [0, 0.05) is 6.54 Å². The number of hydrogen-bond donors (Lipinski definition) is 0. The molecule has 3 heteroatoms. The maximum Gasteiger partial charge on any atom is 0.151 e. The van der Waals surface area contributed by atoms with Crippen LogP contribution >= 0.6 is 0 Å². The number of rotatable bonds is 0. The maximum absolute atomic E-state index is 4.47. The van der Waals surface area contributed by atoms with Gasteiger partial charge in [0.15, 0.2) is 5.82 Å². The molecule has 0 N–H and O–H groups in total. The molecule has 0 spiro atoms. The predicted molar refractivity (Wildman–Crippen MR) is 52.2 cm³/mol. The summed E-state index contributed by atoms with van der Waals surface area (Å²) in [4.78, 5) is 8.67. The van der Waals surface area contributed by atoms with Gasteiger partial charge in [-0.25, -0.2) is 4.98 Å². The summed E-state index contributed by atoms with van der Waals surface area (Å²) >= 11 is 0. The highest BCUT2D eigenvalue weighted by Crippen LogP contribution is 2.16. The van der Waals surface area contributed by atoms with Crippen molar-refractivity contribution in [2.24, 2.45) is 4.99 Å². The number of aromatic nitrogens is 2. The zero-order chi connectivity index (χ0) is 8.67. The molecule has 13 heavy (non-hydrogen) atoms. The molecule has 2 heterocycles. The molecule has 0 atom stereocenters. The van der Waals surface area contributed by atoms with E-state index >= 15 is 0 Å². The summed E-state index contributed by atoms with van der Waals surface area (Å²) in [6.45, 7) is 1.82. The zero-order valence-electron chi connectivity index (χ0n) is 7.14. The first kappa shape index (κ1) is 6.83. The number of imidazole rings is 1. The van der Waals surface area contributed by atoms with E-state index in [2.05, 4.69) is 20.6 Å². The number of fused-ring (bicyclic) bond motifs is 3. The van der Waals surface area contributed by atoms with E-state index in [-0.39, 0.29) is 0 Å². The standard InChI is InChI=1S/C10H9N3/c1-2-4-9-8(3-1)12-10-7-11-5-6-13(9)10/h1-4,7H,5-6H2. The number of aliphatic imine (C=N–C) groups is 1. The third-order valence-electron chi connectivity index (χ3n) is 2.34. The summed E-state index contributed by atoms with van der Waals surface area (Å²) in [5, 5.41) is 0. The first-order valence-corrected chi connectivity index (χ1v) is 4.40. The fourth-order valence-corrected chi connectivity index (χ4v) is 1.73. The summed E-state index contributed by atoms with van der Waals surface area (Å²) in [5.41, 5.74) is 2.27. The van der Waals surface area contributed by atoms with Crippen molar-refractivity contribution in [3.05, 3.63) is 30.1 Å². The fraction of sp³-hybridized carbons (Fsp3) is 0.200. The summed E-state index contributed by atoms with van der Waals surface area (Å²) in [6, 6.07) is 8.20. The summed E-state index contributed by atoms with van der Waals surface area (Å²) in [7, 11) is 0. The highest BCUT2D eigenvalue weighted by molar-refractivity contribution is 5.85. The maximum atomic E-state index is 4.47. The SMILES string of the molecule is C1=NCCn2c1nc1ccccc12. The molecule has 1 aliphatic heterocycles. The molecule has 1 aromatic carbocycles. The van der Waals surface area contributed by atoms with Crippen LogP contribution in [0.15, 0.2) is 29.3 Å². The van der Waals surface area contributed by atoms with Gasteiger partial charge in [-0.3, -0.25) is 4.99 Å². The Morgan fingerprint density at radius 3 is 3.15 bits per heavy atom. The van der Waals surface area contributed by atoms with Gasteiger partial charge in [-0.1, -0.05) is 12.1 Å². The Bertz CT molecular complexity index is 482. The summed E-state index contributed by atoms with van der Waals surface area (Å²) in [5.74, 6) is 0.979. The Kier molecular flexibility index (Phi) is 1.27. The van der Waals surface area contributed by atoms with Crippen molar-refractivity contribution in [3.63, 3.8) is 0 Å². The van der Waals surface area contributed by atoms with Crippen LogP contribution in [-0.4, -0.2) is 22.3 Å². The van der Waals surface area contributed by atoms with E-state index in [4.69, 9.17) is 0 Å². The topological polar surface area (TPSA) is 30.2 Å². The van der Waals surface area contributed by atoms with Crippen molar-refractivity contribution in [1.29, 1.82) is 0 Å². The smallest absolute Gasteiger partial charge is 0.151 e. The van der Waals surface area contributed by atoms with E-state index in [0.29, 0.717) is 0 Å².